The number of nitrogens with two attached hydrogens (primary N) is 1. The van der Waals surface area contributed by atoms with Gasteiger partial charge in [-0.25, -0.2) is 0 Å². The Morgan fingerprint density at radius 3 is 2.60 bits per heavy atom. The molecule has 112 valence electrons. The van der Waals surface area contributed by atoms with Crippen LogP contribution in [0.4, 0.5) is 5.69 Å². The van der Waals surface area contributed by atoms with Crippen LogP contribution in [0.3, 0.4) is 0 Å². The molecule has 1 aliphatic rings. The zero-order valence-corrected chi connectivity index (χ0v) is 13.4. The summed E-state index contributed by atoms with van der Waals surface area (Å²) in [7, 11) is 2.27. The van der Waals surface area contributed by atoms with Gasteiger partial charge in [0.15, 0.2) is 0 Å². The Labute approximate surface area is 124 Å². The van der Waals surface area contributed by atoms with Crippen molar-refractivity contribution in [1.82, 2.24) is 0 Å². The predicted octanol–water partition coefficient (Wildman–Crippen LogP) is 4.04. The van der Waals surface area contributed by atoms with E-state index < -0.39 is 0 Å². The molecule has 0 aromatic heterocycles. The van der Waals surface area contributed by atoms with Gasteiger partial charge in [0.25, 0.3) is 0 Å². The highest BCUT2D eigenvalue weighted by atomic mass is 15.1. The molecule has 1 fully saturated rings. The van der Waals surface area contributed by atoms with Crippen molar-refractivity contribution in [2.24, 2.45) is 5.73 Å². The van der Waals surface area contributed by atoms with Crippen LogP contribution in [0.25, 0.3) is 0 Å². The van der Waals surface area contributed by atoms with E-state index in [2.05, 4.69) is 44.0 Å². The lowest BCUT2D eigenvalue weighted by atomic mass is 9.93. The molecule has 0 saturated heterocycles. The van der Waals surface area contributed by atoms with Gasteiger partial charge in [0.1, 0.15) is 0 Å². The van der Waals surface area contributed by atoms with Crippen LogP contribution < -0.4 is 10.6 Å². The molecule has 1 aromatic rings. The molecule has 1 aliphatic carbocycles. The highest BCUT2D eigenvalue weighted by molar-refractivity contribution is 5.55. The first-order valence-corrected chi connectivity index (χ1v) is 8.19. The van der Waals surface area contributed by atoms with Gasteiger partial charge in [-0.3, -0.25) is 0 Å². The summed E-state index contributed by atoms with van der Waals surface area (Å²) in [5.74, 6) is 0. The maximum absolute atomic E-state index is 6.18. The lowest BCUT2D eigenvalue weighted by Crippen LogP contribution is -2.34. The van der Waals surface area contributed by atoms with E-state index in [4.69, 9.17) is 5.73 Å². The molecule has 0 heterocycles. The summed E-state index contributed by atoms with van der Waals surface area (Å²) >= 11 is 0. The second-order valence-corrected chi connectivity index (χ2v) is 6.41. The first kappa shape index (κ1) is 15.4. The number of anilines is 1. The SMILES string of the molecule is CCC(N)Cc1cc(C)ccc1N(C)C1CCCCC1. The van der Waals surface area contributed by atoms with Crippen molar-refractivity contribution in [2.75, 3.05) is 11.9 Å². The van der Waals surface area contributed by atoms with Crippen LogP contribution in [0.1, 0.15) is 56.6 Å². The first-order valence-electron chi connectivity index (χ1n) is 8.19. The van der Waals surface area contributed by atoms with Crippen molar-refractivity contribution >= 4 is 5.69 Å². The fourth-order valence-electron chi connectivity index (χ4n) is 3.31. The smallest absolute Gasteiger partial charge is 0.0399 e. The van der Waals surface area contributed by atoms with E-state index in [9.17, 15) is 0 Å². The summed E-state index contributed by atoms with van der Waals surface area (Å²) < 4.78 is 0. The van der Waals surface area contributed by atoms with E-state index in [0.717, 1.165) is 12.8 Å². The molecule has 1 unspecified atom stereocenters. The molecule has 0 amide bonds. The van der Waals surface area contributed by atoms with Crippen LogP contribution in [0, 0.1) is 6.92 Å². The van der Waals surface area contributed by atoms with Crippen molar-refractivity contribution in [3.8, 4) is 0 Å². The number of nitrogens with zero attached hydrogens (tertiary/aromatic N) is 1. The van der Waals surface area contributed by atoms with Crippen molar-refractivity contribution < 1.29 is 0 Å². The van der Waals surface area contributed by atoms with Gasteiger partial charge in [-0.1, -0.05) is 43.9 Å². The molecule has 1 saturated carbocycles. The highest BCUT2D eigenvalue weighted by Gasteiger charge is 2.20. The van der Waals surface area contributed by atoms with Gasteiger partial charge in [-0.05, 0) is 44.2 Å². The lowest BCUT2D eigenvalue weighted by molar-refractivity contribution is 0.427. The van der Waals surface area contributed by atoms with E-state index in [1.54, 1.807) is 0 Å². The van der Waals surface area contributed by atoms with Crippen molar-refractivity contribution in [3.05, 3.63) is 29.3 Å². The molecule has 2 nitrogen and oxygen atoms in total. The average Bonchev–Trinajstić information content (AvgIpc) is 2.47. The predicted molar refractivity (Wildman–Crippen MR) is 88.4 cm³/mol. The van der Waals surface area contributed by atoms with E-state index in [0.29, 0.717) is 6.04 Å². The minimum atomic E-state index is 0.273. The molecule has 0 aliphatic heterocycles. The zero-order valence-electron chi connectivity index (χ0n) is 13.4. The van der Waals surface area contributed by atoms with E-state index >= 15 is 0 Å². The molecule has 2 N–H and O–H groups in total. The maximum Gasteiger partial charge on any atom is 0.0399 e. The largest absolute Gasteiger partial charge is 0.371 e. The molecular weight excluding hydrogens is 244 g/mol. The third-order valence-electron chi connectivity index (χ3n) is 4.74. The third-order valence-corrected chi connectivity index (χ3v) is 4.74. The fourth-order valence-corrected chi connectivity index (χ4v) is 3.31. The van der Waals surface area contributed by atoms with Gasteiger partial charge >= 0.3 is 0 Å². The Morgan fingerprint density at radius 1 is 1.25 bits per heavy atom. The van der Waals surface area contributed by atoms with Crippen LogP contribution in [0.15, 0.2) is 18.2 Å². The summed E-state index contributed by atoms with van der Waals surface area (Å²) in [6.45, 7) is 4.34. The molecule has 1 aromatic carbocycles. The monoisotopic (exact) mass is 274 g/mol. The topological polar surface area (TPSA) is 29.3 Å². The van der Waals surface area contributed by atoms with Crippen molar-refractivity contribution in [2.45, 2.75) is 70.9 Å². The molecule has 2 rings (SSSR count). The van der Waals surface area contributed by atoms with Gasteiger partial charge in [0.2, 0.25) is 0 Å². The number of hydrogen-bond donors (Lipinski definition) is 1. The van der Waals surface area contributed by atoms with Crippen LogP contribution in [0.5, 0.6) is 0 Å². The van der Waals surface area contributed by atoms with Crippen molar-refractivity contribution in [1.29, 1.82) is 0 Å². The highest BCUT2D eigenvalue weighted by Crippen LogP contribution is 2.29. The van der Waals surface area contributed by atoms with Gasteiger partial charge in [0.05, 0.1) is 0 Å². The minimum Gasteiger partial charge on any atom is -0.371 e. The Hall–Kier alpha value is -1.02. The quantitative estimate of drug-likeness (QED) is 0.878. The number of benzene rings is 1. The van der Waals surface area contributed by atoms with Crippen LogP contribution in [0.2, 0.25) is 0 Å². The summed E-state index contributed by atoms with van der Waals surface area (Å²) in [4.78, 5) is 2.51. The number of hydrogen-bond acceptors (Lipinski definition) is 2. The zero-order chi connectivity index (χ0) is 14.5. The van der Waals surface area contributed by atoms with E-state index in [1.165, 1.54) is 48.9 Å². The van der Waals surface area contributed by atoms with Gasteiger partial charge in [-0.15, -0.1) is 0 Å². The van der Waals surface area contributed by atoms with Gasteiger partial charge in [0, 0.05) is 24.8 Å². The maximum atomic E-state index is 6.18. The molecule has 0 radical (unpaired) electrons. The van der Waals surface area contributed by atoms with Crippen LogP contribution in [-0.2, 0) is 6.42 Å². The normalized spacial score (nSPS) is 18.0. The van der Waals surface area contributed by atoms with Crippen LogP contribution in [-0.4, -0.2) is 19.1 Å². The molecule has 20 heavy (non-hydrogen) atoms. The Morgan fingerprint density at radius 2 is 1.95 bits per heavy atom. The summed E-state index contributed by atoms with van der Waals surface area (Å²) in [6, 6.07) is 7.83. The first-order chi connectivity index (χ1) is 9.61. The Bertz CT molecular complexity index is 421. The summed E-state index contributed by atoms with van der Waals surface area (Å²) in [5, 5.41) is 0. The average molecular weight is 274 g/mol. The standard InChI is InChI=1S/C18H30N2/c1-4-16(19)13-15-12-14(2)10-11-18(15)20(3)17-8-6-5-7-9-17/h10-12,16-17H,4-9,13,19H2,1-3H3. The number of aryl methyl sites for hydroxylation is 1. The Kier molecular flexibility index (Phi) is 5.47. The molecule has 0 bridgehead atoms. The summed E-state index contributed by atoms with van der Waals surface area (Å²) in [6.07, 6.45) is 8.87. The number of rotatable bonds is 5. The second-order valence-electron chi connectivity index (χ2n) is 6.41. The van der Waals surface area contributed by atoms with Crippen LogP contribution >= 0.6 is 0 Å². The molecule has 2 heteroatoms. The van der Waals surface area contributed by atoms with E-state index in [1.807, 2.05) is 0 Å². The van der Waals surface area contributed by atoms with E-state index in [-0.39, 0.29) is 6.04 Å². The second kappa shape index (κ2) is 7.12. The van der Waals surface area contributed by atoms with Gasteiger partial charge in [-0.2, -0.15) is 0 Å². The summed E-state index contributed by atoms with van der Waals surface area (Å²) in [5.41, 5.74) is 10.3. The molecule has 1 atom stereocenters. The molecule has 0 spiro atoms. The fraction of sp³-hybridized carbons (Fsp3) is 0.667. The minimum absolute atomic E-state index is 0.273. The lowest BCUT2D eigenvalue weighted by Gasteiger charge is -2.34. The van der Waals surface area contributed by atoms with Crippen molar-refractivity contribution in [3.63, 3.8) is 0 Å². The Balaban J connectivity index is 2.20. The van der Waals surface area contributed by atoms with Gasteiger partial charge < -0.3 is 10.6 Å². The third kappa shape index (κ3) is 3.76. The molecular formula is C18H30N2.